The summed E-state index contributed by atoms with van der Waals surface area (Å²) in [6.45, 7) is 3.55. The van der Waals surface area contributed by atoms with Crippen LogP contribution in [0, 0.1) is 0 Å². The van der Waals surface area contributed by atoms with Gasteiger partial charge in [0.15, 0.2) is 6.10 Å². The number of carbonyl (C=O) groups is 2. The normalized spacial score (nSPS) is 14.0. The Labute approximate surface area is 335 Å². The summed E-state index contributed by atoms with van der Waals surface area (Å²) in [6.07, 6.45) is 49.3. The van der Waals surface area contributed by atoms with E-state index in [1.54, 1.807) is 0 Å². The average Bonchev–Trinajstić information content (AvgIpc) is 3.17. The van der Waals surface area contributed by atoms with E-state index >= 15 is 0 Å². The number of hydrogen-bond acceptors (Lipinski definition) is 8. The van der Waals surface area contributed by atoms with Gasteiger partial charge >= 0.3 is 19.8 Å². The van der Waals surface area contributed by atoms with E-state index in [9.17, 15) is 19.0 Å². The molecule has 0 aliphatic heterocycles. The van der Waals surface area contributed by atoms with E-state index in [1.807, 2.05) is 0 Å². The molecule has 0 radical (unpaired) electrons. The lowest BCUT2D eigenvalue weighted by Crippen LogP contribution is -2.29. The molecule has 10 heteroatoms. The number of phosphoric ester groups is 1. The molecule has 0 heterocycles. The molecule has 0 aromatic carbocycles. The quantitative estimate of drug-likeness (QED) is 0.0270. The molecule has 0 rings (SSSR count). The summed E-state index contributed by atoms with van der Waals surface area (Å²) < 4.78 is 32.7. The van der Waals surface area contributed by atoms with Crippen molar-refractivity contribution < 1.29 is 37.6 Å². The third kappa shape index (κ3) is 40.9. The standard InChI is InChI=1S/C45H78NO8P/c1-3-5-7-9-11-13-15-17-19-20-21-22-24-25-27-29-31-33-35-37-44(47)51-41-43(42-53-55(49,50)52-40-39-46)54-45(48)38-36-34-32-30-28-26-23-18-16-14-12-10-8-6-4-2/h5,7,11,13,17-19,21-23,25,27,43H,3-4,6,8-10,12,14-16,20,24,26,28-42,46H2,1-2H3,(H,49,50)/b7-5+,13-11+,19-17+,22-21+,23-18+,27-25+/t43-/m1/s1. The van der Waals surface area contributed by atoms with Gasteiger partial charge in [-0.3, -0.25) is 18.6 Å². The summed E-state index contributed by atoms with van der Waals surface area (Å²) >= 11 is 0. The van der Waals surface area contributed by atoms with Crippen molar-refractivity contribution in [2.24, 2.45) is 5.73 Å². The van der Waals surface area contributed by atoms with Gasteiger partial charge < -0.3 is 20.1 Å². The van der Waals surface area contributed by atoms with E-state index in [-0.39, 0.29) is 32.6 Å². The number of phosphoric acid groups is 1. The molecule has 0 aromatic rings. The number of nitrogens with two attached hydrogens (primary N) is 1. The Bertz CT molecular complexity index is 1130. The minimum Gasteiger partial charge on any atom is -0.462 e. The van der Waals surface area contributed by atoms with Crippen molar-refractivity contribution in [2.75, 3.05) is 26.4 Å². The maximum absolute atomic E-state index is 12.6. The lowest BCUT2D eigenvalue weighted by atomic mass is 10.1. The number of unbranched alkanes of at least 4 members (excludes halogenated alkanes) is 14. The molecular formula is C45H78NO8P. The number of allylic oxidation sites excluding steroid dienone is 12. The van der Waals surface area contributed by atoms with Gasteiger partial charge in [0, 0.05) is 19.4 Å². The maximum Gasteiger partial charge on any atom is 0.472 e. The first-order valence-electron chi connectivity index (χ1n) is 21.4. The Kier molecular flexibility index (Phi) is 39.2. The van der Waals surface area contributed by atoms with Crippen LogP contribution in [0.15, 0.2) is 72.9 Å². The highest BCUT2D eigenvalue weighted by Gasteiger charge is 2.26. The van der Waals surface area contributed by atoms with Crippen LogP contribution in [0.3, 0.4) is 0 Å². The fourth-order valence-corrected chi connectivity index (χ4v) is 6.18. The molecule has 316 valence electrons. The molecule has 9 nitrogen and oxygen atoms in total. The van der Waals surface area contributed by atoms with Crippen molar-refractivity contribution in [2.45, 2.75) is 174 Å². The van der Waals surface area contributed by atoms with E-state index in [0.29, 0.717) is 12.8 Å². The molecule has 0 aliphatic carbocycles. The van der Waals surface area contributed by atoms with Crippen LogP contribution < -0.4 is 5.73 Å². The van der Waals surface area contributed by atoms with Crippen LogP contribution in [-0.4, -0.2) is 49.3 Å². The molecule has 0 aromatic heterocycles. The Hall–Kier alpha value is -2.55. The highest BCUT2D eigenvalue weighted by atomic mass is 31.2. The zero-order valence-electron chi connectivity index (χ0n) is 34.6. The molecule has 0 saturated carbocycles. The second-order valence-corrected chi connectivity index (χ2v) is 15.3. The largest absolute Gasteiger partial charge is 0.472 e. The molecule has 0 spiro atoms. The van der Waals surface area contributed by atoms with Gasteiger partial charge in [-0.25, -0.2) is 4.57 Å². The summed E-state index contributed by atoms with van der Waals surface area (Å²) in [4.78, 5) is 34.8. The van der Waals surface area contributed by atoms with Crippen molar-refractivity contribution in [3.63, 3.8) is 0 Å². The molecule has 55 heavy (non-hydrogen) atoms. The first kappa shape index (κ1) is 52.5. The van der Waals surface area contributed by atoms with Crippen LogP contribution >= 0.6 is 7.82 Å². The Morgan fingerprint density at radius 1 is 0.564 bits per heavy atom. The molecule has 0 bridgehead atoms. The predicted molar refractivity (Wildman–Crippen MR) is 229 cm³/mol. The zero-order valence-corrected chi connectivity index (χ0v) is 35.5. The SMILES string of the molecule is CC/C=C/C/C=C/C/C=C/C/C=C/C/C=C/CCCCCC(=O)OC[C@H](COP(=O)(O)OCCN)OC(=O)CCCCCCC/C=C/CCCCCCCC. The molecule has 1 unspecified atom stereocenters. The van der Waals surface area contributed by atoms with Crippen LogP contribution in [0.1, 0.15) is 168 Å². The fourth-order valence-electron chi connectivity index (χ4n) is 5.42. The highest BCUT2D eigenvalue weighted by Crippen LogP contribution is 2.43. The van der Waals surface area contributed by atoms with Crippen molar-refractivity contribution in [3.8, 4) is 0 Å². The average molecular weight is 792 g/mol. The van der Waals surface area contributed by atoms with Crippen LogP contribution in [0.2, 0.25) is 0 Å². The minimum atomic E-state index is -4.39. The molecule has 2 atom stereocenters. The summed E-state index contributed by atoms with van der Waals surface area (Å²) in [6, 6.07) is 0. The molecule has 0 aliphatic rings. The molecule has 0 fully saturated rings. The van der Waals surface area contributed by atoms with Crippen molar-refractivity contribution in [1.29, 1.82) is 0 Å². The second-order valence-electron chi connectivity index (χ2n) is 13.8. The number of rotatable bonds is 39. The van der Waals surface area contributed by atoms with Crippen LogP contribution in [-0.2, 0) is 32.7 Å². The van der Waals surface area contributed by atoms with Gasteiger partial charge in [0.2, 0.25) is 0 Å². The maximum atomic E-state index is 12.6. The fraction of sp³-hybridized carbons (Fsp3) is 0.689. The summed E-state index contributed by atoms with van der Waals surface area (Å²) in [5.41, 5.74) is 5.34. The lowest BCUT2D eigenvalue weighted by molar-refractivity contribution is -0.161. The number of esters is 2. The number of hydrogen-bond donors (Lipinski definition) is 2. The third-order valence-corrected chi connectivity index (χ3v) is 9.56. The Balaban J connectivity index is 4.25. The van der Waals surface area contributed by atoms with Gasteiger partial charge in [0.1, 0.15) is 6.61 Å². The van der Waals surface area contributed by atoms with Crippen molar-refractivity contribution in [1.82, 2.24) is 0 Å². The minimum absolute atomic E-state index is 0.0439. The highest BCUT2D eigenvalue weighted by molar-refractivity contribution is 7.47. The summed E-state index contributed by atoms with van der Waals surface area (Å²) in [5.74, 6) is -0.882. The molecular weight excluding hydrogens is 713 g/mol. The second kappa shape index (κ2) is 41.1. The van der Waals surface area contributed by atoms with Crippen molar-refractivity contribution in [3.05, 3.63) is 72.9 Å². The molecule has 0 saturated heterocycles. The van der Waals surface area contributed by atoms with Crippen molar-refractivity contribution >= 4 is 19.8 Å². The van der Waals surface area contributed by atoms with Gasteiger partial charge in [-0.05, 0) is 83.5 Å². The molecule has 3 N–H and O–H groups in total. The van der Waals surface area contributed by atoms with Gasteiger partial charge in [-0.1, -0.05) is 145 Å². The first-order chi connectivity index (χ1) is 26.8. The number of carbonyl (C=O) groups excluding carboxylic acids is 2. The van der Waals surface area contributed by atoms with Crippen LogP contribution in [0.5, 0.6) is 0 Å². The van der Waals surface area contributed by atoms with Gasteiger partial charge in [-0.2, -0.15) is 0 Å². The van der Waals surface area contributed by atoms with E-state index < -0.39 is 32.5 Å². The first-order valence-corrected chi connectivity index (χ1v) is 22.9. The van der Waals surface area contributed by atoms with E-state index in [0.717, 1.165) is 83.5 Å². The Morgan fingerprint density at radius 3 is 1.53 bits per heavy atom. The monoisotopic (exact) mass is 792 g/mol. The van der Waals surface area contributed by atoms with Crippen LogP contribution in [0.25, 0.3) is 0 Å². The van der Waals surface area contributed by atoms with Gasteiger partial charge in [0.25, 0.3) is 0 Å². The Morgan fingerprint density at radius 2 is 1.00 bits per heavy atom. The smallest absolute Gasteiger partial charge is 0.462 e. The van der Waals surface area contributed by atoms with E-state index in [2.05, 4.69) is 86.8 Å². The number of ether oxygens (including phenoxy) is 2. The summed E-state index contributed by atoms with van der Waals surface area (Å²) in [5, 5.41) is 0. The van der Waals surface area contributed by atoms with Gasteiger partial charge in [0.05, 0.1) is 13.2 Å². The topological polar surface area (TPSA) is 134 Å². The molecule has 0 amide bonds. The van der Waals surface area contributed by atoms with E-state index in [4.69, 9.17) is 24.3 Å². The summed E-state index contributed by atoms with van der Waals surface area (Å²) in [7, 11) is -4.39. The predicted octanol–water partition coefficient (Wildman–Crippen LogP) is 12.3. The van der Waals surface area contributed by atoms with E-state index in [1.165, 1.54) is 44.9 Å². The lowest BCUT2D eigenvalue weighted by Gasteiger charge is -2.19. The third-order valence-electron chi connectivity index (χ3n) is 8.58. The zero-order chi connectivity index (χ0) is 40.3. The van der Waals surface area contributed by atoms with Gasteiger partial charge in [-0.15, -0.1) is 0 Å². The van der Waals surface area contributed by atoms with Crippen LogP contribution in [0.4, 0.5) is 0 Å².